The van der Waals surface area contributed by atoms with Crippen molar-refractivity contribution in [3.8, 4) is 0 Å². The first kappa shape index (κ1) is 61.7. The Morgan fingerprint density at radius 1 is 0.329 bits per heavy atom. The molecule has 76 heavy (non-hydrogen) atoms. The summed E-state index contributed by atoms with van der Waals surface area (Å²) in [5, 5.41) is 21.6. The van der Waals surface area contributed by atoms with Crippen molar-refractivity contribution in [2.24, 2.45) is 35.5 Å². The zero-order valence-corrected chi connectivity index (χ0v) is 46.2. The number of rotatable bonds is 15. The lowest BCUT2D eigenvalue weighted by atomic mass is 9.98. The van der Waals surface area contributed by atoms with Gasteiger partial charge in [0.2, 0.25) is 47.7 Å². The normalized spacial score (nSPS) is 26.4. The highest BCUT2D eigenvalue weighted by atomic mass is 16.6. The van der Waals surface area contributed by atoms with Gasteiger partial charge in [-0.3, -0.25) is 38.4 Å². The first-order valence-corrected chi connectivity index (χ1v) is 26.7. The van der Waals surface area contributed by atoms with Crippen LogP contribution in [0.15, 0.2) is 60.7 Å². The summed E-state index contributed by atoms with van der Waals surface area (Å²) >= 11 is 0. The highest BCUT2D eigenvalue weighted by Gasteiger charge is 2.47. The van der Waals surface area contributed by atoms with Crippen molar-refractivity contribution in [2.75, 3.05) is 0 Å². The van der Waals surface area contributed by atoms with Crippen molar-refractivity contribution in [1.82, 2.24) is 42.5 Å². The van der Waals surface area contributed by atoms with Crippen LogP contribution in [0.25, 0.3) is 0 Å². The van der Waals surface area contributed by atoms with Crippen molar-refractivity contribution in [3.63, 3.8) is 0 Å². The third-order valence-electron chi connectivity index (χ3n) is 12.9. The van der Waals surface area contributed by atoms with Crippen LogP contribution in [0, 0.1) is 35.5 Å². The van der Waals surface area contributed by atoms with E-state index < -0.39 is 132 Å². The van der Waals surface area contributed by atoms with E-state index >= 15 is 9.59 Å². The number of cyclic esters (lactones) is 2. The van der Waals surface area contributed by atoms with Gasteiger partial charge in [0.15, 0.2) is 0 Å². The number of carbonyl (C=O) groups is 10. The van der Waals surface area contributed by atoms with Gasteiger partial charge in [-0.25, -0.2) is 9.59 Å². The van der Waals surface area contributed by atoms with E-state index in [9.17, 15) is 38.4 Å². The third kappa shape index (κ3) is 18.8. The number of carbonyl (C=O) groups excluding carboxylic acids is 10. The number of amides is 8. The van der Waals surface area contributed by atoms with Gasteiger partial charge >= 0.3 is 11.9 Å². The lowest BCUT2D eigenvalue weighted by Gasteiger charge is -2.32. The molecule has 8 N–H and O–H groups in total. The average molecular weight is 1060 g/mol. The SMILES string of the molecule is CC(C)C[C@@H]1NC(=O)[C@H](C(C)C)NC(=O)[C@@H]([C@H]2OC(=O)[C@H](CC(C)C)NC(=O)[C@H](Cc3ccccc3)NC(=O)[C@H](CC(C)C)NC(=O)[C@H](C(C)C)NC2=O)OC(=O)[C@H](CC(C)C)NC(=O)[C@H](Cc2ccccc2)NC1=O. The zero-order chi connectivity index (χ0) is 56.6. The molecule has 0 radical (unpaired) electrons. The van der Waals surface area contributed by atoms with Crippen molar-refractivity contribution in [3.05, 3.63) is 71.8 Å². The second-order valence-electron chi connectivity index (χ2n) is 22.4. The van der Waals surface area contributed by atoms with E-state index in [2.05, 4.69) is 42.5 Å². The van der Waals surface area contributed by atoms with Crippen LogP contribution in [0.2, 0.25) is 0 Å². The van der Waals surface area contributed by atoms with Gasteiger partial charge in [-0.05, 0) is 72.3 Å². The van der Waals surface area contributed by atoms with E-state index in [0.717, 1.165) is 0 Å². The van der Waals surface area contributed by atoms with Crippen molar-refractivity contribution in [2.45, 2.75) is 182 Å². The monoisotopic (exact) mass is 1060 g/mol. The summed E-state index contributed by atoms with van der Waals surface area (Å²) < 4.78 is 12.0. The Balaban J connectivity index is 1.97. The molecule has 2 aliphatic heterocycles. The molecule has 0 saturated carbocycles. The van der Waals surface area contributed by atoms with Gasteiger partial charge in [-0.15, -0.1) is 0 Å². The van der Waals surface area contributed by atoms with Gasteiger partial charge in [-0.1, -0.05) is 144 Å². The molecule has 20 nitrogen and oxygen atoms in total. The Morgan fingerprint density at radius 3 is 0.882 bits per heavy atom. The molecule has 20 heteroatoms. The number of hydrogen-bond acceptors (Lipinski definition) is 12. The average Bonchev–Trinajstić information content (AvgIpc) is 3.33. The van der Waals surface area contributed by atoms with Gasteiger partial charge in [0.1, 0.15) is 48.3 Å². The first-order valence-electron chi connectivity index (χ1n) is 26.7. The van der Waals surface area contributed by atoms with Crippen molar-refractivity contribution < 1.29 is 57.4 Å². The Labute approximate surface area is 447 Å². The Hall–Kier alpha value is -6.86. The van der Waals surface area contributed by atoms with Crippen molar-refractivity contribution >= 4 is 59.2 Å². The van der Waals surface area contributed by atoms with Crippen LogP contribution < -0.4 is 42.5 Å². The molecule has 8 amide bonds. The predicted molar refractivity (Wildman–Crippen MR) is 283 cm³/mol. The summed E-state index contributed by atoms with van der Waals surface area (Å²) in [5.41, 5.74) is 1.32. The summed E-state index contributed by atoms with van der Waals surface area (Å²) in [6.45, 7) is 20.8. The fourth-order valence-corrected chi connectivity index (χ4v) is 8.97. The molecule has 2 fully saturated rings. The van der Waals surface area contributed by atoms with Crippen LogP contribution in [-0.2, 0) is 70.3 Å². The number of nitrogens with one attached hydrogen (secondary N) is 8. The smallest absolute Gasteiger partial charge is 0.329 e. The molecule has 0 aromatic heterocycles. The fourth-order valence-electron chi connectivity index (χ4n) is 8.97. The molecule has 0 bridgehead atoms. The molecular weight excluding hydrogens is 977 g/mol. The summed E-state index contributed by atoms with van der Waals surface area (Å²) in [7, 11) is 0. The van der Waals surface area contributed by atoms with Gasteiger partial charge < -0.3 is 52.0 Å². The predicted octanol–water partition coefficient (Wildman–Crippen LogP) is 2.70. The topological polar surface area (TPSA) is 285 Å². The highest BCUT2D eigenvalue weighted by molar-refractivity contribution is 6.01. The van der Waals surface area contributed by atoms with Crippen LogP contribution in [0.3, 0.4) is 0 Å². The molecule has 2 aromatic rings. The van der Waals surface area contributed by atoms with Crippen LogP contribution in [0.5, 0.6) is 0 Å². The standard InChI is InChI=1S/C56H82N8O12/c1-29(2)23-37-47(65)57-39(27-35-19-15-13-16-20-35)49(67)61-41(25-31(5)6)55(73)75-45(53(71)63-43(33(9)10)51(69)59-37)46-54(72)64-44(34(11)12)52(70)60-38(24-30(3)4)48(66)58-40(28-36-21-17-14-18-22-36)50(68)62-42(26-32(7)8)56(74)76-46/h13-22,29-34,37-46H,23-28H2,1-12H3,(H,57,65)(H,58,66)(H,59,69)(H,60,70)(H,61,67)(H,62,68)(H,63,71)(H,64,72)/t37-,38-,39-,40-,41-,42-,43-,44-,45+,46+/m0/s1. The van der Waals surface area contributed by atoms with Crippen molar-refractivity contribution in [1.29, 1.82) is 0 Å². The molecule has 0 spiro atoms. The summed E-state index contributed by atoms with van der Waals surface area (Å²) in [4.78, 5) is 146. The van der Waals surface area contributed by atoms with Gasteiger partial charge in [0.25, 0.3) is 11.8 Å². The maximum atomic E-state index is 15.1. The van der Waals surface area contributed by atoms with E-state index in [1.165, 1.54) is 0 Å². The molecule has 2 heterocycles. The van der Waals surface area contributed by atoms with E-state index in [-0.39, 0.29) is 62.2 Å². The highest BCUT2D eigenvalue weighted by Crippen LogP contribution is 2.20. The second-order valence-corrected chi connectivity index (χ2v) is 22.4. The molecule has 2 saturated heterocycles. The van der Waals surface area contributed by atoms with Gasteiger partial charge in [0.05, 0.1) is 0 Å². The maximum Gasteiger partial charge on any atom is 0.329 e. The second kappa shape index (κ2) is 28.9. The lowest BCUT2D eigenvalue weighted by Crippen LogP contribution is -2.62. The Morgan fingerprint density at radius 2 is 0.592 bits per heavy atom. The van der Waals surface area contributed by atoms with E-state index in [4.69, 9.17) is 9.47 Å². The molecule has 0 aliphatic carbocycles. The molecular formula is C56H82N8O12. The molecule has 2 aliphatic rings. The third-order valence-corrected chi connectivity index (χ3v) is 12.9. The summed E-state index contributed by atoms with van der Waals surface area (Å²) in [6, 6.07) is 6.56. The summed E-state index contributed by atoms with van der Waals surface area (Å²) in [6.07, 6.45) is -4.87. The zero-order valence-electron chi connectivity index (χ0n) is 46.2. The number of esters is 2. The quantitative estimate of drug-likeness (QED) is 0.120. The maximum absolute atomic E-state index is 15.1. The van der Waals surface area contributed by atoms with Crippen LogP contribution in [0.1, 0.15) is 120 Å². The van der Waals surface area contributed by atoms with Gasteiger partial charge in [0, 0.05) is 12.8 Å². The lowest BCUT2D eigenvalue weighted by molar-refractivity contribution is -0.180. The van der Waals surface area contributed by atoms with Gasteiger partial charge in [-0.2, -0.15) is 0 Å². The molecule has 418 valence electrons. The minimum absolute atomic E-state index is 0.0339. The fraction of sp³-hybridized carbons (Fsp3) is 0.607. The number of hydrogen-bond donors (Lipinski definition) is 8. The molecule has 10 atom stereocenters. The minimum atomic E-state index is -2.43. The molecule has 2 aromatic carbocycles. The summed E-state index contributed by atoms with van der Waals surface area (Å²) in [5.74, 6) is -12.2. The van der Waals surface area contributed by atoms with E-state index in [0.29, 0.717) is 11.1 Å². The Bertz CT molecular complexity index is 2180. The van der Waals surface area contributed by atoms with Crippen LogP contribution >= 0.6 is 0 Å². The largest absolute Gasteiger partial charge is 0.446 e. The van der Waals surface area contributed by atoms with Crippen LogP contribution in [0.4, 0.5) is 0 Å². The minimum Gasteiger partial charge on any atom is -0.446 e. The molecule has 0 unspecified atom stereocenters. The number of benzene rings is 2. The number of ether oxygens (including phenoxy) is 2. The Kier molecular flexibility index (Phi) is 23.4. The van der Waals surface area contributed by atoms with Crippen LogP contribution in [-0.4, -0.2) is 120 Å². The first-order chi connectivity index (χ1) is 35.7. The van der Waals surface area contributed by atoms with E-state index in [1.54, 1.807) is 116 Å². The van der Waals surface area contributed by atoms with E-state index in [1.807, 2.05) is 27.7 Å². The molecule has 4 rings (SSSR count).